The first kappa shape index (κ1) is 19.6. The maximum atomic E-state index is 6.01. The fourth-order valence-electron chi connectivity index (χ4n) is 3.43. The maximum Gasteiger partial charge on any atom is 0.130 e. The Morgan fingerprint density at radius 2 is 2.00 bits per heavy atom. The number of nitrogens with zero attached hydrogens (tertiary/aromatic N) is 2. The van der Waals surface area contributed by atoms with Crippen LogP contribution >= 0.6 is 0 Å². The summed E-state index contributed by atoms with van der Waals surface area (Å²) in [6.07, 6.45) is 7.07. The fourth-order valence-corrected chi connectivity index (χ4v) is 3.43. The van der Waals surface area contributed by atoms with E-state index < -0.39 is 0 Å². The van der Waals surface area contributed by atoms with Crippen molar-refractivity contribution in [3.63, 3.8) is 0 Å². The Morgan fingerprint density at radius 1 is 1.11 bits per heavy atom. The summed E-state index contributed by atoms with van der Waals surface area (Å²) in [6.45, 7) is 5.97. The van der Waals surface area contributed by atoms with Gasteiger partial charge in [-0.15, -0.1) is 0 Å². The minimum Gasteiger partial charge on any atom is -0.497 e. The van der Waals surface area contributed by atoms with Gasteiger partial charge >= 0.3 is 0 Å². The molecule has 0 unspecified atom stereocenters. The highest BCUT2D eigenvalue weighted by molar-refractivity contribution is 5.40. The lowest BCUT2D eigenvalue weighted by molar-refractivity contribution is 0.225. The van der Waals surface area contributed by atoms with E-state index in [1.807, 2.05) is 36.4 Å². The number of piperidine rings is 1. The van der Waals surface area contributed by atoms with Gasteiger partial charge in [-0.25, -0.2) is 0 Å². The summed E-state index contributed by atoms with van der Waals surface area (Å²) in [4.78, 5) is 6.90. The lowest BCUT2D eigenvalue weighted by atomic mass is 10.1. The first-order valence-corrected chi connectivity index (χ1v) is 9.98. The zero-order valence-corrected chi connectivity index (χ0v) is 16.3. The highest BCUT2D eigenvalue weighted by atomic mass is 16.5. The Kier molecular flexibility index (Phi) is 7.93. The van der Waals surface area contributed by atoms with Crippen molar-refractivity contribution in [2.45, 2.75) is 38.8 Å². The third-order valence-corrected chi connectivity index (χ3v) is 4.96. The molecule has 1 fully saturated rings. The average Bonchev–Trinajstić information content (AvgIpc) is 2.74. The minimum atomic E-state index is 0.467. The van der Waals surface area contributed by atoms with Crippen LogP contribution in [0.2, 0.25) is 0 Å². The summed E-state index contributed by atoms with van der Waals surface area (Å²) in [7, 11) is 1.69. The molecule has 0 spiro atoms. The molecule has 27 heavy (non-hydrogen) atoms. The van der Waals surface area contributed by atoms with Crippen molar-refractivity contribution < 1.29 is 9.47 Å². The Labute approximate surface area is 162 Å². The average molecular weight is 370 g/mol. The SMILES string of the molecule is COc1ccc(OCc2ccccn2)c(CNCCCN2CCCCC2)c1. The van der Waals surface area contributed by atoms with Gasteiger partial charge in [-0.3, -0.25) is 4.98 Å². The molecule has 1 aliphatic rings. The molecular formula is C22H31N3O2. The molecule has 5 nitrogen and oxygen atoms in total. The third-order valence-electron chi connectivity index (χ3n) is 4.96. The van der Waals surface area contributed by atoms with Crippen molar-refractivity contribution in [1.82, 2.24) is 15.2 Å². The normalized spacial score (nSPS) is 14.9. The van der Waals surface area contributed by atoms with Gasteiger partial charge in [-0.05, 0) is 75.8 Å². The Bertz CT molecular complexity index is 673. The molecule has 1 saturated heterocycles. The van der Waals surface area contributed by atoms with Gasteiger partial charge in [0.1, 0.15) is 18.1 Å². The van der Waals surface area contributed by atoms with Crippen molar-refractivity contribution >= 4 is 0 Å². The lowest BCUT2D eigenvalue weighted by Gasteiger charge is -2.26. The molecule has 2 aromatic rings. The Hall–Kier alpha value is -2.11. The minimum absolute atomic E-state index is 0.467. The number of ether oxygens (including phenoxy) is 2. The van der Waals surface area contributed by atoms with E-state index >= 15 is 0 Å². The van der Waals surface area contributed by atoms with Crippen LogP contribution < -0.4 is 14.8 Å². The summed E-state index contributed by atoms with van der Waals surface area (Å²) in [5.41, 5.74) is 2.04. The monoisotopic (exact) mass is 369 g/mol. The Balaban J connectivity index is 1.48. The second-order valence-electron chi connectivity index (χ2n) is 7.02. The van der Waals surface area contributed by atoms with E-state index in [1.165, 1.54) is 45.3 Å². The zero-order chi connectivity index (χ0) is 18.7. The van der Waals surface area contributed by atoms with E-state index in [0.29, 0.717) is 6.61 Å². The van der Waals surface area contributed by atoms with Gasteiger partial charge in [0.2, 0.25) is 0 Å². The molecule has 0 aliphatic carbocycles. The molecule has 5 heteroatoms. The van der Waals surface area contributed by atoms with Crippen LogP contribution in [-0.4, -0.2) is 43.2 Å². The third kappa shape index (κ3) is 6.52. The van der Waals surface area contributed by atoms with Gasteiger partial charge in [-0.2, -0.15) is 0 Å². The molecule has 1 aromatic heterocycles. The van der Waals surface area contributed by atoms with Gasteiger partial charge in [0.25, 0.3) is 0 Å². The van der Waals surface area contributed by atoms with Crippen LogP contribution in [0.4, 0.5) is 0 Å². The van der Waals surface area contributed by atoms with Crippen molar-refractivity contribution in [3.05, 3.63) is 53.9 Å². The molecular weight excluding hydrogens is 338 g/mol. The molecule has 0 saturated carbocycles. The van der Waals surface area contributed by atoms with Crippen LogP contribution in [0.1, 0.15) is 36.9 Å². The summed E-state index contributed by atoms with van der Waals surface area (Å²) in [5, 5.41) is 3.55. The van der Waals surface area contributed by atoms with Crippen LogP contribution in [0.5, 0.6) is 11.5 Å². The molecule has 146 valence electrons. The van der Waals surface area contributed by atoms with E-state index in [0.717, 1.165) is 35.8 Å². The molecule has 0 radical (unpaired) electrons. The zero-order valence-electron chi connectivity index (χ0n) is 16.3. The quantitative estimate of drug-likeness (QED) is 0.648. The summed E-state index contributed by atoms with van der Waals surface area (Å²) in [6, 6.07) is 11.8. The number of likely N-dealkylation sites (tertiary alicyclic amines) is 1. The molecule has 1 aromatic carbocycles. The number of nitrogens with one attached hydrogen (secondary N) is 1. The maximum absolute atomic E-state index is 6.01. The smallest absolute Gasteiger partial charge is 0.130 e. The van der Waals surface area contributed by atoms with E-state index in [4.69, 9.17) is 9.47 Å². The highest BCUT2D eigenvalue weighted by Crippen LogP contribution is 2.25. The predicted molar refractivity (Wildman–Crippen MR) is 108 cm³/mol. The van der Waals surface area contributed by atoms with Crippen molar-refractivity contribution in [3.8, 4) is 11.5 Å². The van der Waals surface area contributed by atoms with Gasteiger partial charge in [0.15, 0.2) is 0 Å². The number of rotatable bonds is 10. The fraction of sp³-hybridized carbons (Fsp3) is 0.500. The van der Waals surface area contributed by atoms with Crippen LogP contribution in [0.3, 0.4) is 0 Å². The van der Waals surface area contributed by atoms with Crippen LogP contribution in [0.15, 0.2) is 42.6 Å². The summed E-state index contributed by atoms with van der Waals surface area (Å²) >= 11 is 0. The van der Waals surface area contributed by atoms with Crippen molar-refractivity contribution in [2.24, 2.45) is 0 Å². The summed E-state index contributed by atoms with van der Waals surface area (Å²) in [5.74, 6) is 1.73. The van der Waals surface area contributed by atoms with Crippen LogP contribution in [-0.2, 0) is 13.2 Å². The standard InChI is InChI=1S/C22H31N3O2/c1-26-21-9-10-22(27-18-20-8-3-4-12-24-20)19(16-21)17-23-11-7-15-25-13-5-2-6-14-25/h3-4,8-10,12,16,23H,2,5-7,11,13-15,17-18H2,1H3. The number of methoxy groups -OCH3 is 1. The van der Waals surface area contributed by atoms with E-state index in [9.17, 15) is 0 Å². The van der Waals surface area contributed by atoms with Gasteiger partial charge in [0, 0.05) is 18.3 Å². The lowest BCUT2D eigenvalue weighted by Crippen LogP contribution is -2.32. The van der Waals surface area contributed by atoms with Crippen molar-refractivity contribution in [2.75, 3.05) is 33.3 Å². The van der Waals surface area contributed by atoms with Gasteiger partial charge in [-0.1, -0.05) is 12.5 Å². The largest absolute Gasteiger partial charge is 0.497 e. The number of hydrogen-bond acceptors (Lipinski definition) is 5. The Morgan fingerprint density at radius 3 is 2.78 bits per heavy atom. The topological polar surface area (TPSA) is 46.6 Å². The van der Waals surface area contributed by atoms with Crippen LogP contribution in [0.25, 0.3) is 0 Å². The molecule has 2 heterocycles. The molecule has 3 rings (SSSR count). The summed E-state index contributed by atoms with van der Waals surface area (Å²) < 4.78 is 11.4. The van der Waals surface area contributed by atoms with E-state index in [1.54, 1.807) is 13.3 Å². The van der Waals surface area contributed by atoms with Gasteiger partial charge in [0.05, 0.1) is 12.8 Å². The second-order valence-corrected chi connectivity index (χ2v) is 7.02. The first-order valence-electron chi connectivity index (χ1n) is 9.98. The number of benzene rings is 1. The predicted octanol–water partition coefficient (Wildman–Crippen LogP) is 3.63. The molecule has 1 N–H and O–H groups in total. The van der Waals surface area contributed by atoms with Gasteiger partial charge < -0.3 is 19.7 Å². The molecule has 0 atom stereocenters. The molecule has 0 amide bonds. The van der Waals surface area contributed by atoms with E-state index in [-0.39, 0.29) is 0 Å². The van der Waals surface area contributed by atoms with Crippen LogP contribution in [0, 0.1) is 0 Å². The number of pyridine rings is 1. The van der Waals surface area contributed by atoms with E-state index in [2.05, 4.69) is 15.2 Å². The molecule has 0 bridgehead atoms. The van der Waals surface area contributed by atoms with Crippen molar-refractivity contribution in [1.29, 1.82) is 0 Å². The number of aromatic nitrogens is 1. The first-order chi connectivity index (χ1) is 13.3. The highest BCUT2D eigenvalue weighted by Gasteiger charge is 2.10. The number of hydrogen-bond donors (Lipinski definition) is 1. The molecule has 1 aliphatic heterocycles. The second kappa shape index (κ2) is 10.9.